The fourth-order valence-corrected chi connectivity index (χ4v) is 6.38. The predicted molar refractivity (Wildman–Crippen MR) is 154 cm³/mol. The van der Waals surface area contributed by atoms with Gasteiger partial charge in [-0.1, -0.05) is 119 Å². The van der Waals surface area contributed by atoms with Gasteiger partial charge >= 0.3 is 0 Å². The van der Waals surface area contributed by atoms with E-state index in [1.54, 1.807) is 0 Å². The third kappa shape index (κ3) is 4.51. The lowest BCUT2D eigenvalue weighted by Gasteiger charge is -2.52. The van der Waals surface area contributed by atoms with Gasteiger partial charge in [-0.15, -0.1) is 0 Å². The zero-order valence-corrected chi connectivity index (χ0v) is 22.6. The fourth-order valence-electron chi connectivity index (χ4n) is 6.38. The fraction of sp³-hybridized carbons (Fsp3) is 0.286. The van der Waals surface area contributed by atoms with Crippen molar-refractivity contribution in [1.82, 2.24) is 10.6 Å². The zero-order chi connectivity index (χ0) is 26.4. The minimum absolute atomic E-state index is 0.0941. The Bertz CT molecular complexity index is 1210. The summed E-state index contributed by atoms with van der Waals surface area (Å²) >= 11 is 0. The van der Waals surface area contributed by atoms with Gasteiger partial charge in [0.25, 0.3) is 0 Å². The Labute approximate surface area is 226 Å². The van der Waals surface area contributed by atoms with Gasteiger partial charge in [-0.05, 0) is 49.9 Å². The highest BCUT2D eigenvalue weighted by Gasteiger charge is 2.55. The summed E-state index contributed by atoms with van der Waals surface area (Å²) in [5, 5.41) is 8.04. The van der Waals surface area contributed by atoms with E-state index in [1.807, 2.05) is 0 Å². The van der Waals surface area contributed by atoms with Crippen LogP contribution in [0.15, 0.2) is 97.1 Å². The van der Waals surface area contributed by atoms with E-state index in [4.69, 9.17) is 0 Å². The normalized spacial score (nSPS) is 26.8. The van der Waals surface area contributed by atoms with E-state index >= 15 is 0 Å². The molecule has 0 spiro atoms. The monoisotopic (exact) mass is 500 g/mol. The van der Waals surface area contributed by atoms with Gasteiger partial charge in [-0.25, -0.2) is 0 Å². The van der Waals surface area contributed by atoms with Crippen LogP contribution in [0.1, 0.15) is 68.7 Å². The number of aryl methyl sites for hydroxylation is 4. The Morgan fingerprint density at radius 3 is 0.816 bits per heavy atom. The summed E-state index contributed by atoms with van der Waals surface area (Å²) in [6.45, 7) is 8.44. The highest BCUT2D eigenvalue weighted by atomic mass is 16.1. The first-order valence-electron chi connectivity index (χ1n) is 13.7. The first-order valence-corrected chi connectivity index (χ1v) is 13.7. The summed E-state index contributed by atoms with van der Waals surface area (Å²) in [5.41, 5.74) is 9.55. The van der Waals surface area contributed by atoms with Crippen molar-refractivity contribution >= 4 is 5.78 Å². The van der Waals surface area contributed by atoms with E-state index in [2.05, 4.69) is 135 Å². The maximum absolute atomic E-state index is 14.7. The smallest absolute Gasteiger partial charge is 0.146 e. The van der Waals surface area contributed by atoms with Gasteiger partial charge in [0, 0.05) is 24.2 Å². The van der Waals surface area contributed by atoms with Gasteiger partial charge in [0.2, 0.25) is 0 Å². The van der Waals surface area contributed by atoms with E-state index in [0.29, 0.717) is 5.78 Å². The lowest BCUT2D eigenvalue weighted by Crippen LogP contribution is -2.60. The summed E-state index contributed by atoms with van der Waals surface area (Å²) in [7, 11) is 0. The van der Waals surface area contributed by atoms with Crippen LogP contribution in [-0.2, 0) is 4.79 Å². The van der Waals surface area contributed by atoms with Crippen molar-refractivity contribution in [1.29, 1.82) is 0 Å². The average Bonchev–Trinajstić information content (AvgIpc) is 2.91. The Kier molecular flexibility index (Phi) is 6.51. The van der Waals surface area contributed by atoms with Crippen LogP contribution in [-0.4, -0.2) is 5.78 Å². The average molecular weight is 501 g/mol. The molecule has 3 nitrogen and oxygen atoms in total. The molecule has 2 heterocycles. The molecule has 3 heteroatoms. The number of fused-ring (bicyclic) bond motifs is 2. The number of carbonyl (C=O) groups excluding carboxylic acids is 1. The summed E-state index contributed by atoms with van der Waals surface area (Å²) in [5.74, 6) is -0.0857. The SMILES string of the molecule is Cc1ccc([C@H]2N[C@H](c3ccc(C)cc3)C3C(=O)C2[C@@H](c2ccc(C)cc2)N[C@H]3c2ccc(C)cc2)cc1. The lowest BCUT2D eigenvalue weighted by molar-refractivity contribution is -0.139. The third-order valence-electron chi connectivity index (χ3n) is 8.56. The van der Waals surface area contributed by atoms with Crippen LogP contribution in [0.4, 0.5) is 0 Å². The molecule has 2 fully saturated rings. The van der Waals surface area contributed by atoms with E-state index in [0.717, 1.165) is 22.3 Å². The number of hydrogen-bond acceptors (Lipinski definition) is 3. The van der Waals surface area contributed by atoms with Crippen LogP contribution in [0.3, 0.4) is 0 Å². The molecule has 2 aliphatic heterocycles. The number of ketones is 1. The highest BCUT2D eigenvalue weighted by molar-refractivity contribution is 5.89. The number of Topliss-reactive ketones (excluding diaryl/α,β-unsaturated/α-hetero) is 1. The molecule has 192 valence electrons. The largest absolute Gasteiger partial charge is 0.302 e. The summed E-state index contributed by atoms with van der Waals surface area (Å²) in [4.78, 5) is 14.7. The molecule has 0 aromatic heterocycles. The molecule has 6 atom stereocenters. The molecule has 0 saturated carbocycles. The van der Waals surface area contributed by atoms with Gasteiger partial charge in [-0.2, -0.15) is 0 Å². The van der Waals surface area contributed by atoms with Crippen LogP contribution < -0.4 is 10.6 Å². The molecule has 0 radical (unpaired) electrons. The first kappa shape index (κ1) is 24.8. The molecule has 4 aromatic carbocycles. The number of carbonyl (C=O) groups is 1. The van der Waals surface area contributed by atoms with Crippen molar-refractivity contribution in [2.24, 2.45) is 11.8 Å². The number of rotatable bonds is 4. The van der Waals surface area contributed by atoms with Crippen molar-refractivity contribution < 1.29 is 4.79 Å². The second kappa shape index (κ2) is 9.98. The Morgan fingerprint density at radius 1 is 0.395 bits per heavy atom. The minimum atomic E-state index is -0.214. The molecule has 0 aliphatic carbocycles. The molecule has 38 heavy (non-hydrogen) atoms. The summed E-state index contributed by atoms with van der Waals surface area (Å²) < 4.78 is 0. The van der Waals surface area contributed by atoms with Gasteiger partial charge < -0.3 is 10.6 Å². The van der Waals surface area contributed by atoms with E-state index in [1.165, 1.54) is 22.3 Å². The quantitative estimate of drug-likeness (QED) is 0.311. The third-order valence-corrected chi connectivity index (χ3v) is 8.56. The predicted octanol–water partition coefficient (Wildman–Crippen LogP) is 7.19. The number of piperidine rings is 2. The van der Waals surface area contributed by atoms with Crippen molar-refractivity contribution in [3.05, 3.63) is 142 Å². The zero-order valence-electron chi connectivity index (χ0n) is 22.6. The highest BCUT2D eigenvalue weighted by Crippen LogP contribution is 2.52. The minimum Gasteiger partial charge on any atom is -0.302 e. The maximum Gasteiger partial charge on any atom is 0.146 e. The van der Waals surface area contributed by atoms with E-state index in [9.17, 15) is 4.79 Å². The molecule has 6 rings (SSSR count). The first-order chi connectivity index (χ1) is 18.4. The van der Waals surface area contributed by atoms with Crippen molar-refractivity contribution in [3.63, 3.8) is 0 Å². The van der Waals surface area contributed by atoms with Crippen LogP contribution in [0.5, 0.6) is 0 Å². The maximum atomic E-state index is 14.7. The molecule has 2 aliphatic rings. The van der Waals surface area contributed by atoms with Gasteiger partial charge in [0.1, 0.15) is 5.78 Å². The molecule has 2 N–H and O–H groups in total. The van der Waals surface area contributed by atoms with Crippen molar-refractivity contribution in [2.75, 3.05) is 0 Å². The molecule has 0 amide bonds. The topological polar surface area (TPSA) is 41.1 Å². The Hall–Kier alpha value is -3.53. The van der Waals surface area contributed by atoms with Crippen LogP contribution >= 0.6 is 0 Å². The molecular weight excluding hydrogens is 464 g/mol. The van der Waals surface area contributed by atoms with Crippen LogP contribution in [0, 0.1) is 39.5 Å². The summed E-state index contributed by atoms with van der Waals surface area (Å²) in [6, 6.07) is 34.3. The molecule has 2 unspecified atom stereocenters. The van der Waals surface area contributed by atoms with E-state index < -0.39 is 0 Å². The number of nitrogens with one attached hydrogen (secondary N) is 2. The number of hydrogen-bond donors (Lipinski definition) is 2. The van der Waals surface area contributed by atoms with Crippen molar-refractivity contribution in [2.45, 2.75) is 51.9 Å². The number of benzene rings is 4. The van der Waals surface area contributed by atoms with Gasteiger partial charge in [0.15, 0.2) is 0 Å². The lowest BCUT2D eigenvalue weighted by atomic mass is 9.64. The standard InChI is InChI=1S/C35H36N2O/c1-21-5-13-25(14-6-21)31-29-32(26-15-7-22(2)8-16-26)37-34(28-19-11-24(4)12-20-28)30(35(29)38)33(36-31)27-17-9-23(3)10-18-27/h5-20,29-34,36-37H,1-4H3/t29?,30?,31-,32-,33-,34+/m1/s1. The molecular formula is C35H36N2O. The second-order valence-corrected chi connectivity index (χ2v) is 11.3. The molecule has 2 bridgehead atoms. The van der Waals surface area contributed by atoms with Crippen LogP contribution in [0.25, 0.3) is 0 Å². The van der Waals surface area contributed by atoms with Crippen molar-refractivity contribution in [3.8, 4) is 0 Å². The molecule has 2 saturated heterocycles. The van der Waals surface area contributed by atoms with Gasteiger partial charge in [0.05, 0.1) is 11.8 Å². The summed E-state index contributed by atoms with van der Waals surface area (Å²) in [6.07, 6.45) is 0. The Balaban J connectivity index is 1.51. The molecule has 4 aromatic rings. The van der Waals surface area contributed by atoms with Gasteiger partial charge in [-0.3, -0.25) is 4.79 Å². The van der Waals surface area contributed by atoms with Crippen LogP contribution in [0.2, 0.25) is 0 Å². The Morgan fingerprint density at radius 2 is 0.605 bits per heavy atom. The second-order valence-electron chi connectivity index (χ2n) is 11.3. The van der Waals surface area contributed by atoms with E-state index in [-0.39, 0.29) is 36.0 Å².